The third-order valence-corrected chi connectivity index (χ3v) is 2.51. The van der Waals surface area contributed by atoms with E-state index in [1.165, 1.54) is 4.68 Å². The van der Waals surface area contributed by atoms with Gasteiger partial charge in [0, 0.05) is 6.20 Å². The molecule has 1 aromatic rings. The third kappa shape index (κ3) is 4.64. The number of aromatic nitrogens is 2. The fourth-order valence-electron chi connectivity index (χ4n) is 0.999. The highest BCUT2D eigenvalue weighted by molar-refractivity contribution is 14.1. The SMILES string of the molecule is FCCn1cc(I)c(COCC(F)(F)F)n1. The number of ether oxygens (including phenoxy) is 1. The Bertz CT molecular complexity index is 339. The molecule has 0 spiro atoms. The number of rotatable bonds is 5. The highest BCUT2D eigenvalue weighted by atomic mass is 127. The summed E-state index contributed by atoms with van der Waals surface area (Å²) in [6.07, 6.45) is -2.78. The lowest BCUT2D eigenvalue weighted by Crippen LogP contribution is -2.17. The summed E-state index contributed by atoms with van der Waals surface area (Å²) in [4.78, 5) is 0. The van der Waals surface area contributed by atoms with Crippen LogP contribution in [0.4, 0.5) is 17.6 Å². The van der Waals surface area contributed by atoms with E-state index in [2.05, 4.69) is 9.84 Å². The summed E-state index contributed by atoms with van der Waals surface area (Å²) in [5, 5.41) is 3.90. The molecule has 0 bridgehead atoms. The van der Waals surface area contributed by atoms with Gasteiger partial charge in [-0.05, 0) is 22.6 Å². The standard InChI is InChI=1S/C8H9F4IN2O/c9-1-2-15-3-6(13)7(14-15)4-16-5-8(10,11)12/h3H,1-2,4-5H2. The average molecular weight is 352 g/mol. The number of aryl methyl sites for hydroxylation is 1. The number of nitrogens with zero attached hydrogens (tertiary/aromatic N) is 2. The molecule has 0 fully saturated rings. The van der Waals surface area contributed by atoms with Crippen molar-refractivity contribution >= 4 is 22.6 Å². The van der Waals surface area contributed by atoms with Gasteiger partial charge in [-0.15, -0.1) is 0 Å². The molecule has 0 aliphatic heterocycles. The van der Waals surface area contributed by atoms with Gasteiger partial charge in [0.25, 0.3) is 0 Å². The first kappa shape index (κ1) is 13.7. The molecule has 1 heterocycles. The molecule has 92 valence electrons. The van der Waals surface area contributed by atoms with E-state index in [9.17, 15) is 17.6 Å². The quantitative estimate of drug-likeness (QED) is 0.602. The lowest BCUT2D eigenvalue weighted by Gasteiger charge is -2.06. The van der Waals surface area contributed by atoms with Gasteiger partial charge in [0.1, 0.15) is 19.0 Å². The minimum Gasteiger partial charge on any atom is -0.366 e. The zero-order chi connectivity index (χ0) is 12.2. The molecular weight excluding hydrogens is 343 g/mol. The topological polar surface area (TPSA) is 27.1 Å². The Kier molecular flexibility index (Phi) is 4.96. The predicted octanol–water partition coefficient (Wildman–Crippen LogP) is 2.54. The molecule has 0 aliphatic rings. The van der Waals surface area contributed by atoms with Gasteiger partial charge in [0.15, 0.2) is 0 Å². The summed E-state index contributed by atoms with van der Waals surface area (Å²) in [5.41, 5.74) is 0.387. The molecule has 0 unspecified atom stereocenters. The van der Waals surface area contributed by atoms with Crippen molar-refractivity contribution in [2.45, 2.75) is 19.3 Å². The van der Waals surface area contributed by atoms with Gasteiger partial charge in [-0.25, -0.2) is 4.39 Å². The molecule has 0 amide bonds. The van der Waals surface area contributed by atoms with E-state index in [0.717, 1.165) is 0 Å². The summed E-state index contributed by atoms with van der Waals surface area (Å²) in [6, 6.07) is 0. The molecular formula is C8H9F4IN2O. The molecule has 0 saturated carbocycles. The monoisotopic (exact) mass is 352 g/mol. The second-order valence-electron chi connectivity index (χ2n) is 2.98. The van der Waals surface area contributed by atoms with Crippen LogP contribution in [0.1, 0.15) is 5.69 Å². The van der Waals surface area contributed by atoms with Crippen LogP contribution in [0.25, 0.3) is 0 Å². The van der Waals surface area contributed by atoms with Crippen molar-refractivity contribution < 1.29 is 22.3 Å². The minimum absolute atomic E-state index is 0.0925. The summed E-state index contributed by atoms with van der Waals surface area (Å²) in [6.45, 7) is -2.01. The van der Waals surface area contributed by atoms with Crippen LogP contribution in [0.3, 0.4) is 0 Å². The molecule has 0 aromatic carbocycles. The Morgan fingerprint density at radius 2 is 2.12 bits per heavy atom. The molecule has 0 atom stereocenters. The Hall–Kier alpha value is -0.380. The first-order valence-corrected chi connectivity index (χ1v) is 5.42. The molecule has 0 radical (unpaired) electrons. The molecule has 8 heteroatoms. The van der Waals surface area contributed by atoms with Gasteiger partial charge >= 0.3 is 6.18 Å². The number of alkyl halides is 4. The van der Waals surface area contributed by atoms with E-state index in [1.807, 2.05) is 22.6 Å². The number of hydrogen-bond acceptors (Lipinski definition) is 2. The lowest BCUT2D eigenvalue weighted by atomic mass is 10.5. The van der Waals surface area contributed by atoms with Crippen LogP contribution in [0.5, 0.6) is 0 Å². The van der Waals surface area contributed by atoms with Crippen LogP contribution in [0.15, 0.2) is 6.20 Å². The molecule has 1 aromatic heterocycles. The molecule has 3 nitrogen and oxygen atoms in total. The second-order valence-corrected chi connectivity index (χ2v) is 4.15. The minimum atomic E-state index is -4.34. The zero-order valence-corrected chi connectivity index (χ0v) is 10.3. The van der Waals surface area contributed by atoms with Crippen LogP contribution in [0.2, 0.25) is 0 Å². The van der Waals surface area contributed by atoms with E-state index >= 15 is 0 Å². The van der Waals surface area contributed by atoms with Gasteiger partial charge in [0.05, 0.1) is 16.7 Å². The summed E-state index contributed by atoms with van der Waals surface area (Å²) in [5.74, 6) is 0. The molecule has 16 heavy (non-hydrogen) atoms. The summed E-state index contributed by atoms with van der Waals surface area (Å²) >= 11 is 1.91. The van der Waals surface area contributed by atoms with Gasteiger partial charge in [-0.3, -0.25) is 4.68 Å². The van der Waals surface area contributed by atoms with E-state index < -0.39 is 19.5 Å². The highest BCUT2D eigenvalue weighted by Crippen LogP contribution is 2.17. The maximum atomic E-state index is 12.0. The Balaban J connectivity index is 2.47. The van der Waals surface area contributed by atoms with E-state index in [4.69, 9.17) is 0 Å². The van der Waals surface area contributed by atoms with Crippen molar-refractivity contribution in [3.63, 3.8) is 0 Å². The Morgan fingerprint density at radius 1 is 1.44 bits per heavy atom. The Morgan fingerprint density at radius 3 is 2.69 bits per heavy atom. The van der Waals surface area contributed by atoms with Crippen LogP contribution in [-0.2, 0) is 17.9 Å². The number of hydrogen-bond donors (Lipinski definition) is 0. The van der Waals surface area contributed by atoms with Crippen molar-refractivity contribution in [1.82, 2.24) is 9.78 Å². The van der Waals surface area contributed by atoms with Crippen LogP contribution in [-0.4, -0.2) is 29.2 Å². The van der Waals surface area contributed by atoms with Gasteiger partial charge in [-0.1, -0.05) is 0 Å². The van der Waals surface area contributed by atoms with Crippen molar-refractivity contribution in [1.29, 1.82) is 0 Å². The average Bonchev–Trinajstić information content (AvgIpc) is 2.45. The second kappa shape index (κ2) is 5.80. The summed E-state index contributed by atoms with van der Waals surface area (Å²) < 4.78 is 53.8. The van der Waals surface area contributed by atoms with Gasteiger partial charge in [0.2, 0.25) is 0 Å². The maximum absolute atomic E-state index is 12.0. The van der Waals surface area contributed by atoms with E-state index in [1.54, 1.807) is 6.20 Å². The predicted molar refractivity (Wildman–Crippen MR) is 56.6 cm³/mol. The first-order chi connectivity index (χ1) is 7.42. The van der Waals surface area contributed by atoms with E-state index in [-0.39, 0.29) is 13.2 Å². The van der Waals surface area contributed by atoms with Gasteiger partial charge < -0.3 is 4.74 Å². The van der Waals surface area contributed by atoms with Crippen molar-refractivity contribution in [2.75, 3.05) is 13.3 Å². The van der Waals surface area contributed by atoms with Crippen LogP contribution >= 0.6 is 22.6 Å². The fourth-order valence-corrected chi connectivity index (χ4v) is 1.58. The molecule has 1 rings (SSSR count). The number of halogens is 5. The fraction of sp³-hybridized carbons (Fsp3) is 0.625. The van der Waals surface area contributed by atoms with Crippen LogP contribution in [0, 0.1) is 3.57 Å². The third-order valence-electron chi connectivity index (χ3n) is 1.61. The van der Waals surface area contributed by atoms with E-state index in [0.29, 0.717) is 9.26 Å². The van der Waals surface area contributed by atoms with Crippen molar-refractivity contribution in [3.05, 3.63) is 15.5 Å². The van der Waals surface area contributed by atoms with Crippen molar-refractivity contribution in [3.8, 4) is 0 Å². The zero-order valence-electron chi connectivity index (χ0n) is 8.10. The van der Waals surface area contributed by atoms with Gasteiger partial charge in [-0.2, -0.15) is 18.3 Å². The summed E-state index contributed by atoms with van der Waals surface area (Å²) in [7, 11) is 0. The highest BCUT2D eigenvalue weighted by Gasteiger charge is 2.27. The Labute approximate surface area is 103 Å². The first-order valence-electron chi connectivity index (χ1n) is 4.34. The normalized spacial score (nSPS) is 12.1. The lowest BCUT2D eigenvalue weighted by molar-refractivity contribution is -0.176. The maximum Gasteiger partial charge on any atom is 0.411 e. The smallest absolute Gasteiger partial charge is 0.366 e. The molecule has 0 aliphatic carbocycles. The van der Waals surface area contributed by atoms with Crippen LogP contribution < -0.4 is 0 Å². The molecule has 0 saturated heterocycles. The van der Waals surface area contributed by atoms with Crippen molar-refractivity contribution in [2.24, 2.45) is 0 Å². The largest absolute Gasteiger partial charge is 0.411 e. The molecule has 0 N–H and O–H groups in total.